The van der Waals surface area contributed by atoms with Gasteiger partial charge in [-0.3, -0.25) is 4.99 Å². The van der Waals surface area contributed by atoms with Crippen LogP contribution < -0.4 is 0 Å². The van der Waals surface area contributed by atoms with Crippen molar-refractivity contribution >= 4 is 17.0 Å². The zero-order valence-corrected chi connectivity index (χ0v) is 6.76. The lowest BCUT2D eigenvalue weighted by molar-refractivity contribution is 0.627. The maximum atomic E-state index is 12.8. The number of rotatable bonds is 0. The van der Waals surface area contributed by atoms with E-state index < -0.39 is 0 Å². The molecule has 0 atom stereocenters. The van der Waals surface area contributed by atoms with Crippen molar-refractivity contribution in [1.82, 2.24) is 0 Å². The van der Waals surface area contributed by atoms with E-state index in [0.29, 0.717) is 0 Å². The van der Waals surface area contributed by atoms with E-state index in [4.69, 9.17) is 0 Å². The SMILES string of the molecule is C=C1C(C)=Nc2ccc(F)cc21. The maximum Gasteiger partial charge on any atom is 0.123 e. The first-order chi connectivity index (χ1) is 5.68. The molecule has 1 aliphatic rings. The average molecular weight is 161 g/mol. The number of hydrogen-bond donors (Lipinski definition) is 0. The Morgan fingerprint density at radius 1 is 1.42 bits per heavy atom. The van der Waals surface area contributed by atoms with Crippen molar-refractivity contribution in [3.63, 3.8) is 0 Å². The smallest absolute Gasteiger partial charge is 0.123 e. The summed E-state index contributed by atoms with van der Waals surface area (Å²) >= 11 is 0. The van der Waals surface area contributed by atoms with Gasteiger partial charge in [0.2, 0.25) is 0 Å². The van der Waals surface area contributed by atoms with Crippen LogP contribution in [0.25, 0.3) is 5.57 Å². The van der Waals surface area contributed by atoms with E-state index in [9.17, 15) is 4.39 Å². The molecule has 0 N–H and O–H groups in total. The molecule has 0 radical (unpaired) electrons. The molecule has 0 aromatic heterocycles. The first-order valence-corrected chi connectivity index (χ1v) is 3.73. The lowest BCUT2D eigenvalue weighted by Gasteiger charge is -1.97. The van der Waals surface area contributed by atoms with Gasteiger partial charge in [-0.05, 0) is 30.7 Å². The Morgan fingerprint density at radius 2 is 2.17 bits per heavy atom. The van der Waals surface area contributed by atoms with Gasteiger partial charge in [0.25, 0.3) is 0 Å². The minimum atomic E-state index is -0.236. The predicted molar refractivity (Wildman–Crippen MR) is 48.2 cm³/mol. The van der Waals surface area contributed by atoms with Crippen LogP contribution >= 0.6 is 0 Å². The van der Waals surface area contributed by atoms with Gasteiger partial charge in [0.15, 0.2) is 0 Å². The van der Waals surface area contributed by atoms with Gasteiger partial charge in [-0.1, -0.05) is 6.58 Å². The second-order valence-corrected chi connectivity index (χ2v) is 2.84. The number of benzene rings is 1. The summed E-state index contributed by atoms with van der Waals surface area (Å²) in [7, 11) is 0. The summed E-state index contributed by atoms with van der Waals surface area (Å²) in [5.74, 6) is -0.236. The molecule has 0 saturated heterocycles. The van der Waals surface area contributed by atoms with Crippen LogP contribution in [0.3, 0.4) is 0 Å². The summed E-state index contributed by atoms with van der Waals surface area (Å²) in [5, 5.41) is 0. The Hall–Kier alpha value is -1.44. The first kappa shape index (κ1) is 7.22. The molecule has 12 heavy (non-hydrogen) atoms. The highest BCUT2D eigenvalue weighted by Crippen LogP contribution is 2.33. The molecule has 0 spiro atoms. The normalized spacial score (nSPS) is 14.5. The molecule has 1 heterocycles. The standard InChI is InChI=1S/C10H8FN/c1-6-7(2)12-10-4-3-8(11)5-9(6)10/h3-5H,1H2,2H3. The molecular weight excluding hydrogens is 153 g/mol. The predicted octanol–water partition coefficient (Wildman–Crippen LogP) is 2.94. The first-order valence-electron chi connectivity index (χ1n) is 3.73. The summed E-state index contributed by atoms with van der Waals surface area (Å²) < 4.78 is 12.8. The van der Waals surface area contributed by atoms with Gasteiger partial charge in [0.05, 0.1) is 5.69 Å². The summed E-state index contributed by atoms with van der Waals surface area (Å²) in [4.78, 5) is 4.22. The van der Waals surface area contributed by atoms with Crippen molar-refractivity contribution in [2.75, 3.05) is 0 Å². The topological polar surface area (TPSA) is 12.4 Å². The minimum Gasteiger partial charge on any atom is -0.252 e. The Morgan fingerprint density at radius 3 is 2.92 bits per heavy atom. The van der Waals surface area contributed by atoms with Crippen molar-refractivity contribution in [3.8, 4) is 0 Å². The zero-order chi connectivity index (χ0) is 8.72. The molecular formula is C10H8FN. The van der Waals surface area contributed by atoms with Crippen LogP contribution in [0.1, 0.15) is 12.5 Å². The Bertz CT molecular complexity index is 391. The van der Waals surface area contributed by atoms with E-state index in [-0.39, 0.29) is 5.82 Å². The van der Waals surface area contributed by atoms with Gasteiger partial charge >= 0.3 is 0 Å². The van der Waals surface area contributed by atoms with Gasteiger partial charge in [0.1, 0.15) is 5.82 Å². The molecule has 0 unspecified atom stereocenters. The highest BCUT2D eigenvalue weighted by atomic mass is 19.1. The van der Waals surface area contributed by atoms with Crippen molar-refractivity contribution in [2.24, 2.45) is 4.99 Å². The van der Waals surface area contributed by atoms with Gasteiger partial charge in [-0.2, -0.15) is 0 Å². The molecule has 0 bridgehead atoms. The molecule has 1 nitrogen and oxygen atoms in total. The van der Waals surface area contributed by atoms with Crippen molar-refractivity contribution in [2.45, 2.75) is 6.92 Å². The molecule has 1 aromatic carbocycles. The fourth-order valence-corrected chi connectivity index (χ4v) is 1.29. The third-order valence-electron chi connectivity index (χ3n) is 2.01. The van der Waals surface area contributed by atoms with E-state index >= 15 is 0 Å². The fraction of sp³-hybridized carbons (Fsp3) is 0.100. The van der Waals surface area contributed by atoms with Crippen LogP contribution in [-0.4, -0.2) is 5.71 Å². The largest absolute Gasteiger partial charge is 0.252 e. The molecule has 0 amide bonds. The van der Waals surface area contributed by atoms with Gasteiger partial charge in [-0.15, -0.1) is 0 Å². The van der Waals surface area contributed by atoms with E-state index in [0.717, 1.165) is 22.5 Å². The molecule has 60 valence electrons. The van der Waals surface area contributed by atoms with Crippen LogP contribution in [0, 0.1) is 5.82 Å². The van der Waals surface area contributed by atoms with Crippen molar-refractivity contribution < 1.29 is 4.39 Å². The Balaban J connectivity index is 2.65. The number of fused-ring (bicyclic) bond motifs is 1. The van der Waals surface area contributed by atoms with E-state index in [1.165, 1.54) is 12.1 Å². The van der Waals surface area contributed by atoms with Crippen molar-refractivity contribution in [3.05, 3.63) is 36.2 Å². The highest BCUT2D eigenvalue weighted by Gasteiger charge is 2.15. The van der Waals surface area contributed by atoms with E-state index in [1.54, 1.807) is 6.07 Å². The summed E-state index contributed by atoms with van der Waals surface area (Å²) in [5.41, 5.74) is 3.33. The second kappa shape index (κ2) is 2.27. The molecule has 0 fully saturated rings. The zero-order valence-electron chi connectivity index (χ0n) is 6.76. The fourth-order valence-electron chi connectivity index (χ4n) is 1.29. The lowest BCUT2D eigenvalue weighted by Crippen LogP contribution is -1.86. The van der Waals surface area contributed by atoms with Gasteiger partial charge < -0.3 is 0 Å². The van der Waals surface area contributed by atoms with Gasteiger partial charge in [-0.25, -0.2) is 4.39 Å². The quantitative estimate of drug-likeness (QED) is 0.554. The number of halogens is 1. The van der Waals surface area contributed by atoms with Crippen LogP contribution in [0.2, 0.25) is 0 Å². The summed E-state index contributed by atoms with van der Waals surface area (Å²) in [6, 6.07) is 4.55. The van der Waals surface area contributed by atoms with Crippen LogP contribution in [-0.2, 0) is 0 Å². The molecule has 1 aromatic rings. The third kappa shape index (κ3) is 0.881. The van der Waals surface area contributed by atoms with Crippen LogP contribution in [0.5, 0.6) is 0 Å². The summed E-state index contributed by atoms with van der Waals surface area (Å²) in [6.07, 6.45) is 0. The van der Waals surface area contributed by atoms with Crippen LogP contribution in [0.4, 0.5) is 10.1 Å². The number of nitrogens with zero attached hydrogens (tertiary/aromatic N) is 1. The number of allylic oxidation sites excluding steroid dienone is 1. The van der Waals surface area contributed by atoms with E-state index in [2.05, 4.69) is 11.6 Å². The second-order valence-electron chi connectivity index (χ2n) is 2.84. The van der Waals surface area contributed by atoms with Gasteiger partial charge in [0, 0.05) is 11.3 Å². The molecule has 0 saturated carbocycles. The molecule has 0 aliphatic carbocycles. The number of aliphatic imine (C=N–C) groups is 1. The average Bonchev–Trinajstić information content (AvgIpc) is 2.31. The maximum absolute atomic E-state index is 12.8. The molecule has 1 aliphatic heterocycles. The summed E-state index contributed by atoms with van der Waals surface area (Å²) in [6.45, 7) is 5.70. The molecule has 2 heteroatoms. The lowest BCUT2D eigenvalue weighted by atomic mass is 10.1. The van der Waals surface area contributed by atoms with E-state index in [1.807, 2.05) is 6.92 Å². The number of hydrogen-bond acceptors (Lipinski definition) is 1. The monoisotopic (exact) mass is 161 g/mol. The van der Waals surface area contributed by atoms with Crippen molar-refractivity contribution in [1.29, 1.82) is 0 Å². The molecule has 2 rings (SSSR count). The minimum absolute atomic E-state index is 0.236. The van der Waals surface area contributed by atoms with Crippen LogP contribution in [0.15, 0.2) is 29.8 Å². The Labute approximate surface area is 70.3 Å². The Kier molecular flexibility index (Phi) is 1.37. The highest BCUT2D eigenvalue weighted by molar-refractivity contribution is 6.27. The third-order valence-corrected chi connectivity index (χ3v) is 2.01.